The van der Waals surface area contributed by atoms with Gasteiger partial charge in [-0.2, -0.15) is 13.2 Å². The number of nitrogens with zero attached hydrogens (tertiary/aromatic N) is 1. The van der Waals surface area contributed by atoms with E-state index in [-0.39, 0.29) is 16.5 Å². The number of nitrogens with one attached hydrogen (secondary N) is 2. The fourth-order valence-electron chi connectivity index (χ4n) is 2.12. The number of carbonyl (C=O) groups excluding carboxylic acids is 1. The molecule has 5 nitrogen and oxygen atoms in total. The average molecular weight is 389 g/mol. The molecule has 2 N–H and O–H groups in total. The molecule has 1 heterocycles. The van der Waals surface area contributed by atoms with Gasteiger partial charge in [0.1, 0.15) is 5.82 Å². The van der Waals surface area contributed by atoms with Gasteiger partial charge in [0, 0.05) is 11.8 Å². The zero-order chi connectivity index (χ0) is 19.3. The predicted octanol–water partition coefficient (Wildman–Crippen LogP) is 3.61. The van der Waals surface area contributed by atoms with Crippen molar-refractivity contribution in [1.29, 1.82) is 0 Å². The Bertz CT molecular complexity index is 852. The number of alkyl halides is 3. The van der Waals surface area contributed by atoms with Crippen LogP contribution in [0.3, 0.4) is 0 Å². The number of hydrogen-bond donors (Lipinski definition) is 2. The summed E-state index contributed by atoms with van der Waals surface area (Å²) in [5.74, 6) is -2.07. The summed E-state index contributed by atoms with van der Waals surface area (Å²) in [6.45, 7) is 1.92. The number of carbonyl (C=O) groups is 1. The van der Waals surface area contributed by atoms with E-state index < -0.39 is 29.2 Å². The molecule has 0 bridgehead atoms. The topological polar surface area (TPSA) is 74.8 Å². The van der Waals surface area contributed by atoms with Gasteiger partial charge in [-0.25, -0.2) is 9.37 Å². The van der Waals surface area contributed by atoms with Crippen molar-refractivity contribution >= 4 is 23.4 Å². The van der Waals surface area contributed by atoms with Crippen LogP contribution in [-0.4, -0.2) is 21.6 Å². The van der Waals surface area contributed by atoms with Crippen molar-refractivity contribution in [3.8, 4) is 0 Å². The van der Waals surface area contributed by atoms with Crippen molar-refractivity contribution in [1.82, 2.24) is 9.97 Å². The van der Waals surface area contributed by atoms with Gasteiger partial charge < -0.3 is 10.3 Å². The fourth-order valence-corrected chi connectivity index (χ4v) is 2.81. The molecule has 2 rings (SSSR count). The Kier molecular flexibility index (Phi) is 6.41. The highest BCUT2D eigenvalue weighted by atomic mass is 32.2. The van der Waals surface area contributed by atoms with E-state index in [1.165, 1.54) is 6.07 Å². The molecule has 26 heavy (non-hydrogen) atoms. The number of hydrogen-bond acceptors (Lipinski definition) is 4. The van der Waals surface area contributed by atoms with Crippen LogP contribution in [0.4, 0.5) is 23.2 Å². The van der Waals surface area contributed by atoms with Crippen molar-refractivity contribution < 1.29 is 22.4 Å². The van der Waals surface area contributed by atoms with E-state index >= 15 is 0 Å². The SMILES string of the molecule is CCCc1cc(=O)[nH]c(SCC(=O)Nc2ccc(F)cc2C(F)(F)F)n1. The summed E-state index contributed by atoms with van der Waals surface area (Å²) in [4.78, 5) is 30.1. The van der Waals surface area contributed by atoms with E-state index in [9.17, 15) is 27.2 Å². The highest BCUT2D eigenvalue weighted by molar-refractivity contribution is 7.99. The lowest BCUT2D eigenvalue weighted by Crippen LogP contribution is -2.19. The van der Waals surface area contributed by atoms with Crippen molar-refractivity contribution in [3.05, 3.63) is 51.7 Å². The highest BCUT2D eigenvalue weighted by Crippen LogP contribution is 2.35. The third-order valence-electron chi connectivity index (χ3n) is 3.18. The number of aryl methyl sites for hydroxylation is 1. The number of anilines is 1. The lowest BCUT2D eigenvalue weighted by Gasteiger charge is -2.13. The summed E-state index contributed by atoms with van der Waals surface area (Å²) in [5, 5.41) is 2.30. The first kappa shape index (κ1) is 20.0. The zero-order valence-corrected chi connectivity index (χ0v) is 14.4. The molecular weight excluding hydrogens is 374 g/mol. The Morgan fingerprint density at radius 2 is 2.04 bits per heavy atom. The lowest BCUT2D eigenvalue weighted by atomic mass is 10.1. The molecule has 1 aromatic carbocycles. The molecule has 0 radical (unpaired) electrons. The van der Waals surface area contributed by atoms with Crippen molar-refractivity contribution in [2.45, 2.75) is 31.1 Å². The third kappa shape index (κ3) is 5.58. The van der Waals surface area contributed by atoms with Crippen LogP contribution in [0.5, 0.6) is 0 Å². The summed E-state index contributed by atoms with van der Waals surface area (Å²) in [7, 11) is 0. The maximum Gasteiger partial charge on any atom is 0.418 e. The van der Waals surface area contributed by atoms with Gasteiger partial charge in [-0.05, 0) is 24.6 Å². The molecule has 0 saturated carbocycles. The van der Waals surface area contributed by atoms with Crippen LogP contribution >= 0.6 is 11.8 Å². The smallest absolute Gasteiger partial charge is 0.325 e. The molecule has 0 aliphatic carbocycles. The van der Waals surface area contributed by atoms with Crippen LogP contribution in [-0.2, 0) is 17.4 Å². The van der Waals surface area contributed by atoms with Gasteiger partial charge in [0.05, 0.1) is 17.0 Å². The molecule has 10 heteroatoms. The Morgan fingerprint density at radius 1 is 1.31 bits per heavy atom. The highest BCUT2D eigenvalue weighted by Gasteiger charge is 2.34. The van der Waals surface area contributed by atoms with Crippen molar-refractivity contribution in [3.63, 3.8) is 0 Å². The maximum atomic E-state index is 13.1. The molecule has 1 amide bonds. The number of aromatic nitrogens is 2. The van der Waals surface area contributed by atoms with E-state index in [2.05, 4.69) is 15.3 Å². The van der Waals surface area contributed by atoms with E-state index in [4.69, 9.17) is 0 Å². The molecule has 140 valence electrons. The maximum absolute atomic E-state index is 13.1. The number of amides is 1. The van der Waals surface area contributed by atoms with Gasteiger partial charge in [-0.1, -0.05) is 25.1 Å². The Morgan fingerprint density at radius 3 is 2.69 bits per heavy atom. The van der Waals surface area contributed by atoms with E-state index in [0.717, 1.165) is 30.3 Å². The van der Waals surface area contributed by atoms with Crippen molar-refractivity contribution in [2.24, 2.45) is 0 Å². The molecule has 0 aliphatic rings. The van der Waals surface area contributed by atoms with Gasteiger partial charge in [0.2, 0.25) is 5.91 Å². The summed E-state index contributed by atoms with van der Waals surface area (Å²) < 4.78 is 51.8. The molecule has 0 unspecified atom stereocenters. The fraction of sp³-hybridized carbons (Fsp3) is 0.312. The molecular formula is C16H15F4N3O2S. The van der Waals surface area contributed by atoms with Crippen LogP contribution < -0.4 is 10.9 Å². The largest absolute Gasteiger partial charge is 0.418 e. The number of halogens is 4. The van der Waals surface area contributed by atoms with Gasteiger partial charge >= 0.3 is 6.18 Å². The molecule has 2 aromatic rings. The van der Waals surface area contributed by atoms with E-state index in [1.54, 1.807) is 0 Å². The van der Waals surface area contributed by atoms with Gasteiger partial charge in [-0.15, -0.1) is 0 Å². The second-order valence-corrected chi connectivity index (χ2v) is 6.28. The second kappa shape index (κ2) is 8.35. The van der Waals surface area contributed by atoms with Crippen LogP contribution in [0.25, 0.3) is 0 Å². The average Bonchev–Trinajstić information content (AvgIpc) is 2.53. The molecule has 1 aromatic heterocycles. The standard InChI is InChI=1S/C16H15F4N3O2S/c1-2-3-10-7-13(24)23-15(21-10)26-8-14(25)22-12-5-4-9(17)6-11(12)16(18,19)20/h4-7H,2-3,8H2,1H3,(H,22,25)(H,21,23,24). The minimum atomic E-state index is -4.81. The van der Waals surface area contributed by atoms with Gasteiger partial charge in [-0.3, -0.25) is 9.59 Å². The zero-order valence-electron chi connectivity index (χ0n) is 13.6. The number of aromatic amines is 1. The van der Waals surface area contributed by atoms with Crippen molar-refractivity contribution in [2.75, 3.05) is 11.1 Å². The van der Waals surface area contributed by atoms with E-state index in [1.807, 2.05) is 6.92 Å². The number of H-pyrrole nitrogens is 1. The quantitative estimate of drug-likeness (QED) is 0.450. The lowest BCUT2D eigenvalue weighted by molar-refractivity contribution is -0.137. The van der Waals surface area contributed by atoms with Gasteiger partial charge in [0.15, 0.2) is 5.16 Å². The third-order valence-corrected chi connectivity index (χ3v) is 4.05. The molecule has 0 fully saturated rings. The monoisotopic (exact) mass is 389 g/mol. The first-order valence-corrected chi connectivity index (χ1v) is 8.57. The number of benzene rings is 1. The van der Waals surface area contributed by atoms with E-state index in [0.29, 0.717) is 18.2 Å². The van der Waals surface area contributed by atoms with Crippen LogP contribution in [0.2, 0.25) is 0 Å². The van der Waals surface area contributed by atoms with Crippen LogP contribution in [0, 0.1) is 5.82 Å². The summed E-state index contributed by atoms with van der Waals surface area (Å²) in [5.41, 5.74) is -1.61. The number of rotatable bonds is 6. The molecule has 0 saturated heterocycles. The first-order chi connectivity index (χ1) is 12.2. The summed E-state index contributed by atoms with van der Waals surface area (Å²) in [6, 6.07) is 3.34. The minimum Gasteiger partial charge on any atom is -0.325 e. The minimum absolute atomic E-state index is 0.200. The summed E-state index contributed by atoms with van der Waals surface area (Å²) in [6.07, 6.45) is -3.43. The Hall–Kier alpha value is -2.36. The second-order valence-electron chi connectivity index (χ2n) is 5.32. The Labute approximate surface area is 150 Å². The molecule has 0 aliphatic heterocycles. The Balaban J connectivity index is 2.07. The van der Waals surface area contributed by atoms with Crippen LogP contribution in [0.1, 0.15) is 24.6 Å². The molecule has 0 spiro atoms. The predicted molar refractivity (Wildman–Crippen MR) is 89.6 cm³/mol. The van der Waals surface area contributed by atoms with Gasteiger partial charge in [0.25, 0.3) is 5.56 Å². The number of thioether (sulfide) groups is 1. The molecule has 0 atom stereocenters. The first-order valence-electron chi connectivity index (χ1n) is 7.58. The van der Waals surface area contributed by atoms with Crippen LogP contribution in [0.15, 0.2) is 34.2 Å². The summed E-state index contributed by atoms with van der Waals surface area (Å²) >= 11 is 0.884. The normalized spacial score (nSPS) is 11.4.